The third kappa shape index (κ3) is 5.05. The maximum Gasteiger partial charge on any atom is 0.328 e. The van der Waals surface area contributed by atoms with E-state index in [1.807, 2.05) is 39.0 Å². The summed E-state index contributed by atoms with van der Waals surface area (Å²) in [6.45, 7) is 5.80. The number of carbonyl (C=O) groups excluding carboxylic acids is 2. The second-order valence-electron chi connectivity index (χ2n) is 5.23. The summed E-state index contributed by atoms with van der Waals surface area (Å²) in [4.78, 5) is 23.9. The van der Waals surface area contributed by atoms with E-state index in [1.54, 1.807) is 0 Å². The van der Waals surface area contributed by atoms with Gasteiger partial charge in [-0.1, -0.05) is 44.0 Å². The minimum Gasteiger partial charge on any atom is -0.467 e. The zero-order valence-corrected chi connectivity index (χ0v) is 13.7. The van der Waals surface area contributed by atoms with Crippen LogP contribution in [0.1, 0.15) is 31.4 Å². The van der Waals surface area contributed by atoms with Crippen LogP contribution in [0.2, 0.25) is 5.02 Å². The van der Waals surface area contributed by atoms with E-state index in [2.05, 4.69) is 5.32 Å². The molecule has 0 radical (unpaired) electrons. The molecule has 0 aliphatic rings. The fraction of sp³-hybridized carbons (Fsp3) is 0.500. The van der Waals surface area contributed by atoms with E-state index in [4.69, 9.17) is 16.3 Å². The zero-order chi connectivity index (χ0) is 16.0. The standard InChI is InChI=1S/C16H22ClNO3/c1-5-11(3)15(16(20)21-4)18-14(19)9-12-7-6-10(2)8-13(12)17/h6-8,11,15H,5,9H2,1-4H3,(H,18,19)/t11-,15-/m0/s1. The largest absolute Gasteiger partial charge is 0.467 e. The van der Waals surface area contributed by atoms with Crippen LogP contribution in [0.4, 0.5) is 0 Å². The maximum absolute atomic E-state index is 12.1. The highest BCUT2D eigenvalue weighted by atomic mass is 35.5. The maximum atomic E-state index is 12.1. The number of hydrogen-bond acceptors (Lipinski definition) is 3. The van der Waals surface area contributed by atoms with Gasteiger partial charge in [0.05, 0.1) is 13.5 Å². The molecule has 0 saturated heterocycles. The molecule has 0 aliphatic heterocycles. The Morgan fingerprint density at radius 3 is 2.57 bits per heavy atom. The van der Waals surface area contributed by atoms with E-state index in [1.165, 1.54) is 7.11 Å². The van der Waals surface area contributed by atoms with Gasteiger partial charge in [0.1, 0.15) is 6.04 Å². The SMILES string of the molecule is CC[C@H](C)[C@H](NC(=O)Cc1ccc(C)cc1Cl)C(=O)OC. The lowest BCUT2D eigenvalue weighted by Crippen LogP contribution is -2.46. The summed E-state index contributed by atoms with van der Waals surface area (Å²) in [6.07, 6.45) is 0.911. The van der Waals surface area contributed by atoms with Gasteiger partial charge in [-0.05, 0) is 30.0 Å². The second kappa shape index (κ2) is 8.03. The summed E-state index contributed by atoms with van der Waals surface area (Å²) in [5.41, 5.74) is 1.78. The quantitative estimate of drug-likeness (QED) is 0.822. The molecule has 0 aliphatic carbocycles. The molecule has 1 rings (SSSR count). The molecule has 1 aromatic rings. The number of carbonyl (C=O) groups is 2. The number of ether oxygens (including phenoxy) is 1. The summed E-state index contributed by atoms with van der Waals surface area (Å²) in [7, 11) is 1.32. The number of nitrogens with one attached hydrogen (secondary N) is 1. The average molecular weight is 312 g/mol. The van der Waals surface area contributed by atoms with E-state index >= 15 is 0 Å². The predicted octanol–water partition coefficient (Wildman–Crippen LogP) is 2.89. The molecule has 0 fully saturated rings. The van der Waals surface area contributed by atoms with Crippen molar-refractivity contribution in [3.63, 3.8) is 0 Å². The molecule has 0 aromatic heterocycles. The molecule has 0 bridgehead atoms. The van der Waals surface area contributed by atoms with Crippen LogP contribution in [-0.2, 0) is 20.7 Å². The van der Waals surface area contributed by atoms with Crippen molar-refractivity contribution in [2.75, 3.05) is 7.11 Å². The highest BCUT2D eigenvalue weighted by Crippen LogP contribution is 2.18. The molecule has 1 amide bonds. The van der Waals surface area contributed by atoms with Crippen LogP contribution in [0.15, 0.2) is 18.2 Å². The number of aryl methyl sites for hydroxylation is 1. The highest BCUT2D eigenvalue weighted by Gasteiger charge is 2.26. The Labute approximate surface area is 130 Å². The van der Waals surface area contributed by atoms with Crippen molar-refractivity contribution in [3.8, 4) is 0 Å². The Balaban J connectivity index is 2.76. The van der Waals surface area contributed by atoms with Gasteiger partial charge in [0, 0.05) is 5.02 Å². The number of methoxy groups -OCH3 is 1. The molecule has 4 nitrogen and oxygen atoms in total. The first-order valence-electron chi connectivity index (χ1n) is 7.01. The number of amides is 1. The van der Waals surface area contributed by atoms with Crippen LogP contribution >= 0.6 is 11.6 Å². The van der Waals surface area contributed by atoms with Crippen LogP contribution in [0.25, 0.3) is 0 Å². The molecule has 0 heterocycles. The van der Waals surface area contributed by atoms with Crippen molar-refractivity contribution in [2.24, 2.45) is 5.92 Å². The van der Waals surface area contributed by atoms with Crippen molar-refractivity contribution >= 4 is 23.5 Å². The van der Waals surface area contributed by atoms with Gasteiger partial charge < -0.3 is 10.1 Å². The Hall–Kier alpha value is -1.55. The predicted molar refractivity (Wildman–Crippen MR) is 83.3 cm³/mol. The molecule has 0 spiro atoms. The smallest absolute Gasteiger partial charge is 0.328 e. The number of halogens is 1. The monoisotopic (exact) mass is 311 g/mol. The number of rotatable bonds is 6. The Morgan fingerprint density at radius 1 is 1.38 bits per heavy atom. The molecule has 1 N–H and O–H groups in total. The van der Waals surface area contributed by atoms with Crippen molar-refractivity contribution in [3.05, 3.63) is 34.3 Å². The van der Waals surface area contributed by atoms with E-state index < -0.39 is 12.0 Å². The lowest BCUT2D eigenvalue weighted by atomic mass is 9.98. The van der Waals surface area contributed by atoms with Crippen LogP contribution in [0, 0.1) is 12.8 Å². The van der Waals surface area contributed by atoms with E-state index in [0.29, 0.717) is 5.02 Å². The molecule has 0 saturated carbocycles. The third-order valence-electron chi connectivity index (χ3n) is 3.54. The first kappa shape index (κ1) is 17.5. The third-order valence-corrected chi connectivity index (χ3v) is 3.90. The molecule has 21 heavy (non-hydrogen) atoms. The number of hydrogen-bond donors (Lipinski definition) is 1. The molecule has 116 valence electrons. The van der Waals surface area contributed by atoms with E-state index in [0.717, 1.165) is 17.5 Å². The minimum atomic E-state index is -0.628. The highest BCUT2D eigenvalue weighted by molar-refractivity contribution is 6.31. The first-order chi connectivity index (χ1) is 9.88. The summed E-state index contributed by atoms with van der Waals surface area (Å²) in [5.74, 6) is -0.654. The fourth-order valence-electron chi connectivity index (χ4n) is 1.99. The number of benzene rings is 1. The van der Waals surface area contributed by atoms with Gasteiger partial charge >= 0.3 is 5.97 Å². The summed E-state index contributed by atoms with van der Waals surface area (Å²) < 4.78 is 4.75. The summed E-state index contributed by atoms with van der Waals surface area (Å²) in [5, 5.41) is 3.30. The van der Waals surface area contributed by atoms with Crippen LogP contribution in [0.5, 0.6) is 0 Å². The van der Waals surface area contributed by atoms with Gasteiger partial charge in [-0.15, -0.1) is 0 Å². The van der Waals surface area contributed by atoms with Gasteiger partial charge in [0.15, 0.2) is 0 Å². The lowest BCUT2D eigenvalue weighted by molar-refractivity contribution is -0.146. The van der Waals surface area contributed by atoms with Crippen LogP contribution in [0.3, 0.4) is 0 Å². The molecule has 5 heteroatoms. The normalized spacial score (nSPS) is 13.4. The van der Waals surface area contributed by atoms with E-state index in [9.17, 15) is 9.59 Å². The topological polar surface area (TPSA) is 55.4 Å². The Bertz CT molecular complexity index is 516. The average Bonchev–Trinajstić information content (AvgIpc) is 2.46. The number of esters is 1. The van der Waals surface area contributed by atoms with Crippen LogP contribution < -0.4 is 5.32 Å². The molecule has 1 aromatic carbocycles. The van der Waals surface area contributed by atoms with Gasteiger partial charge in [-0.2, -0.15) is 0 Å². The van der Waals surface area contributed by atoms with Crippen molar-refractivity contribution in [1.82, 2.24) is 5.32 Å². The lowest BCUT2D eigenvalue weighted by Gasteiger charge is -2.22. The zero-order valence-electron chi connectivity index (χ0n) is 12.9. The first-order valence-corrected chi connectivity index (χ1v) is 7.39. The van der Waals surface area contributed by atoms with Crippen molar-refractivity contribution < 1.29 is 14.3 Å². The molecule has 0 unspecified atom stereocenters. The second-order valence-corrected chi connectivity index (χ2v) is 5.63. The van der Waals surface area contributed by atoms with Gasteiger partial charge in [0.25, 0.3) is 0 Å². The molecular formula is C16H22ClNO3. The van der Waals surface area contributed by atoms with Gasteiger partial charge in [0.2, 0.25) is 5.91 Å². The Kier molecular flexibility index (Phi) is 6.69. The van der Waals surface area contributed by atoms with Gasteiger partial charge in [-0.25, -0.2) is 4.79 Å². The van der Waals surface area contributed by atoms with Crippen molar-refractivity contribution in [2.45, 2.75) is 39.7 Å². The molecule has 2 atom stereocenters. The van der Waals surface area contributed by atoms with Crippen molar-refractivity contribution in [1.29, 1.82) is 0 Å². The summed E-state index contributed by atoms with van der Waals surface area (Å²) >= 11 is 6.12. The van der Waals surface area contributed by atoms with Crippen LogP contribution in [-0.4, -0.2) is 25.0 Å². The Morgan fingerprint density at radius 2 is 2.05 bits per heavy atom. The molecular weight excluding hydrogens is 290 g/mol. The van der Waals surface area contributed by atoms with Gasteiger partial charge in [-0.3, -0.25) is 4.79 Å². The summed E-state index contributed by atoms with van der Waals surface area (Å²) in [6, 6.07) is 4.92. The minimum absolute atomic E-state index is 0.00916. The fourth-order valence-corrected chi connectivity index (χ4v) is 2.29. The van der Waals surface area contributed by atoms with E-state index in [-0.39, 0.29) is 18.2 Å².